The lowest BCUT2D eigenvalue weighted by Gasteiger charge is -2.22. The van der Waals surface area contributed by atoms with Gasteiger partial charge in [0.25, 0.3) is 0 Å². The van der Waals surface area contributed by atoms with Crippen LogP contribution < -0.4 is 11.1 Å². The van der Waals surface area contributed by atoms with Gasteiger partial charge in [-0.25, -0.2) is 0 Å². The molecule has 1 aliphatic carbocycles. The molecular formula is C20H24N2O. The Bertz CT molecular complexity index is 627. The fourth-order valence-electron chi connectivity index (χ4n) is 3.52. The van der Waals surface area contributed by atoms with Crippen molar-refractivity contribution in [2.45, 2.75) is 43.7 Å². The Morgan fingerprint density at radius 2 is 1.70 bits per heavy atom. The molecule has 1 aliphatic rings. The number of hydrogen-bond donors (Lipinski definition) is 2. The van der Waals surface area contributed by atoms with Crippen molar-refractivity contribution in [3.63, 3.8) is 0 Å². The number of carbonyl (C=O) groups is 1. The maximum Gasteiger partial charge on any atom is 0.222 e. The predicted octanol–water partition coefficient (Wildman–Crippen LogP) is 3.53. The largest absolute Gasteiger partial charge is 0.353 e. The highest BCUT2D eigenvalue weighted by molar-refractivity contribution is 5.77. The molecule has 3 N–H and O–H groups in total. The molecule has 2 aromatic carbocycles. The molecule has 1 fully saturated rings. The molecule has 0 saturated heterocycles. The predicted molar refractivity (Wildman–Crippen MR) is 93.0 cm³/mol. The Balaban J connectivity index is 1.59. The normalized spacial score (nSPS) is 21.8. The lowest BCUT2D eigenvalue weighted by atomic mass is 9.94. The second kappa shape index (κ2) is 7.42. The summed E-state index contributed by atoms with van der Waals surface area (Å²) in [4.78, 5) is 12.4. The van der Waals surface area contributed by atoms with Crippen LogP contribution in [0.15, 0.2) is 60.7 Å². The molecule has 0 radical (unpaired) electrons. The fraction of sp³-hybridized carbons (Fsp3) is 0.350. The molecule has 3 heteroatoms. The summed E-state index contributed by atoms with van der Waals surface area (Å²) in [6.07, 6.45) is 3.68. The lowest BCUT2D eigenvalue weighted by molar-refractivity contribution is -0.122. The van der Waals surface area contributed by atoms with E-state index < -0.39 is 0 Å². The third kappa shape index (κ3) is 3.99. The number of nitrogens with one attached hydrogen (secondary N) is 1. The van der Waals surface area contributed by atoms with Gasteiger partial charge in [-0.05, 0) is 24.0 Å². The summed E-state index contributed by atoms with van der Waals surface area (Å²) < 4.78 is 0. The van der Waals surface area contributed by atoms with Gasteiger partial charge in [-0.3, -0.25) is 4.79 Å². The van der Waals surface area contributed by atoms with E-state index in [1.54, 1.807) is 0 Å². The molecule has 0 aromatic heterocycles. The number of amides is 1. The van der Waals surface area contributed by atoms with Crippen LogP contribution in [0.2, 0.25) is 0 Å². The van der Waals surface area contributed by atoms with E-state index in [-0.39, 0.29) is 18.0 Å². The van der Waals surface area contributed by atoms with Crippen LogP contribution in [0, 0.1) is 0 Å². The highest BCUT2D eigenvalue weighted by Crippen LogP contribution is 2.34. The van der Waals surface area contributed by atoms with Gasteiger partial charge in [0.15, 0.2) is 0 Å². The van der Waals surface area contributed by atoms with Crippen LogP contribution in [0.25, 0.3) is 0 Å². The average molecular weight is 308 g/mol. The van der Waals surface area contributed by atoms with Gasteiger partial charge in [-0.15, -0.1) is 0 Å². The Morgan fingerprint density at radius 1 is 1.04 bits per heavy atom. The highest BCUT2D eigenvalue weighted by atomic mass is 16.1. The topological polar surface area (TPSA) is 55.1 Å². The first-order valence-corrected chi connectivity index (χ1v) is 8.39. The van der Waals surface area contributed by atoms with Crippen LogP contribution in [0.1, 0.15) is 48.8 Å². The second-order valence-electron chi connectivity index (χ2n) is 6.34. The van der Waals surface area contributed by atoms with Crippen molar-refractivity contribution in [2.24, 2.45) is 5.73 Å². The number of hydrogen-bond acceptors (Lipinski definition) is 2. The molecule has 2 aromatic rings. The van der Waals surface area contributed by atoms with Gasteiger partial charge in [0.05, 0.1) is 0 Å². The molecule has 0 aliphatic heterocycles. The van der Waals surface area contributed by atoms with E-state index in [4.69, 9.17) is 5.73 Å². The first-order valence-electron chi connectivity index (χ1n) is 8.39. The molecule has 1 amide bonds. The van der Waals surface area contributed by atoms with Crippen molar-refractivity contribution in [3.05, 3.63) is 71.8 Å². The van der Waals surface area contributed by atoms with E-state index in [0.717, 1.165) is 24.8 Å². The molecule has 0 heterocycles. The van der Waals surface area contributed by atoms with Crippen LogP contribution in [-0.4, -0.2) is 11.9 Å². The van der Waals surface area contributed by atoms with Crippen molar-refractivity contribution in [1.82, 2.24) is 5.32 Å². The van der Waals surface area contributed by atoms with E-state index in [1.807, 2.05) is 36.4 Å². The summed E-state index contributed by atoms with van der Waals surface area (Å²) in [5.74, 6) is 0.474. The van der Waals surface area contributed by atoms with Crippen molar-refractivity contribution in [1.29, 1.82) is 0 Å². The van der Waals surface area contributed by atoms with Gasteiger partial charge in [0, 0.05) is 24.4 Å². The molecule has 23 heavy (non-hydrogen) atoms. The average Bonchev–Trinajstić information content (AvgIpc) is 3.04. The second-order valence-corrected chi connectivity index (χ2v) is 6.34. The minimum Gasteiger partial charge on any atom is -0.353 e. The molecule has 3 unspecified atom stereocenters. The maximum absolute atomic E-state index is 12.4. The van der Waals surface area contributed by atoms with Crippen LogP contribution in [0.5, 0.6) is 0 Å². The SMILES string of the molecule is NC(CC(=O)NC1CCCC1c1ccccc1)c1ccccc1. The number of benzene rings is 2. The van der Waals surface area contributed by atoms with Crippen molar-refractivity contribution in [3.8, 4) is 0 Å². The number of rotatable bonds is 5. The highest BCUT2D eigenvalue weighted by Gasteiger charge is 2.29. The first kappa shape index (κ1) is 15.8. The zero-order valence-electron chi connectivity index (χ0n) is 13.3. The molecule has 3 rings (SSSR count). The zero-order valence-corrected chi connectivity index (χ0v) is 13.3. The van der Waals surface area contributed by atoms with Crippen LogP contribution in [0.4, 0.5) is 0 Å². The molecular weight excluding hydrogens is 284 g/mol. The lowest BCUT2D eigenvalue weighted by Crippen LogP contribution is -2.37. The summed E-state index contributed by atoms with van der Waals surface area (Å²) in [5, 5.41) is 3.21. The maximum atomic E-state index is 12.4. The van der Waals surface area contributed by atoms with E-state index in [9.17, 15) is 4.79 Å². The fourth-order valence-corrected chi connectivity index (χ4v) is 3.52. The standard InChI is InChI=1S/C20H24N2O/c21-18(16-10-5-2-6-11-16)14-20(23)22-19-13-7-12-17(19)15-8-3-1-4-9-15/h1-6,8-11,17-19H,7,12-14,21H2,(H,22,23). The molecule has 0 bridgehead atoms. The first-order chi connectivity index (χ1) is 11.2. The molecule has 1 saturated carbocycles. The van der Waals surface area contributed by atoms with E-state index in [0.29, 0.717) is 12.3 Å². The molecule has 3 atom stereocenters. The summed E-state index contributed by atoms with van der Waals surface area (Å²) in [6.45, 7) is 0. The van der Waals surface area contributed by atoms with Crippen molar-refractivity contribution in [2.75, 3.05) is 0 Å². The number of nitrogens with two attached hydrogens (primary N) is 1. The van der Waals surface area contributed by atoms with Crippen LogP contribution in [0.3, 0.4) is 0 Å². The van der Waals surface area contributed by atoms with E-state index in [1.165, 1.54) is 5.56 Å². The van der Waals surface area contributed by atoms with E-state index >= 15 is 0 Å². The van der Waals surface area contributed by atoms with Gasteiger partial charge < -0.3 is 11.1 Å². The van der Waals surface area contributed by atoms with Gasteiger partial charge in [0.1, 0.15) is 0 Å². The number of carbonyl (C=O) groups excluding carboxylic acids is 1. The van der Waals surface area contributed by atoms with Gasteiger partial charge in [-0.1, -0.05) is 67.1 Å². The summed E-state index contributed by atoms with van der Waals surface area (Å²) >= 11 is 0. The van der Waals surface area contributed by atoms with Crippen molar-refractivity contribution < 1.29 is 4.79 Å². The van der Waals surface area contributed by atoms with E-state index in [2.05, 4.69) is 29.6 Å². The molecule has 0 spiro atoms. The minimum absolute atomic E-state index is 0.0502. The summed E-state index contributed by atoms with van der Waals surface area (Å²) in [7, 11) is 0. The Morgan fingerprint density at radius 3 is 2.39 bits per heavy atom. The summed E-state index contributed by atoms with van der Waals surface area (Å²) in [5.41, 5.74) is 8.49. The van der Waals surface area contributed by atoms with Gasteiger partial charge in [-0.2, -0.15) is 0 Å². The zero-order chi connectivity index (χ0) is 16.1. The third-order valence-electron chi connectivity index (χ3n) is 4.72. The van der Waals surface area contributed by atoms with Gasteiger partial charge >= 0.3 is 0 Å². The molecule has 120 valence electrons. The third-order valence-corrected chi connectivity index (χ3v) is 4.72. The van der Waals surface area contributed by atoms with Crippen molar-refractivity contribution >= 4 is 5.91 Å². The minimum atomic E-state index is -0.243. The van der Waals surface area contributed by atoms with Gasteiger partial charge in [0.2, 0.25) is 5.91 Å². The summed E-state index contributed by atoms with van der Waals surface area (Å²) in [6, 6.07) is 20.3. The smallest absolute Gasteiger partial charge is 0.222 e. The molecule has 3 nitrogen and oxygen atoms in total. The quantitative estimate of drug-likeness (QED) is 0.888. The van der Waals surface area contributed by atoms with Crippen LogP contribution >= 0.6 is 0 Å². The Kier molecular flexibility index (Phi) is 5.09. The monoisotopic (exact) mass is 308 g/mol. The Labute approximate surface area is 137 Å². The Hall–Kier alpha value is -2.13. The van der Waals surface area contributed by atoms with Crippen LogP contribution in [-0.2, 0) is 4.79 Å².